The third-order valence-corrected chi connectivity index (χ3v) is 9.17. The Morgan fingerprint density at radius 3 is 2.20 bits per heavy atom. The van der Waals surface area contributed by atoms with Crippen LogP contribution in [-0.2, 0) is 9.59 Å². The van der Waals surface area contributed by atoms with Crippen molar-refractivity contribution in [1.29, 1.82) is 0 Å². The number of rotatable bonds is 12. The molecule has 0 saturated carbocycles. The summed E-state index contributed by atoms with van der Waals surface area (Å²) in [5.74, 6) is -1.16. The molecular weight excluding hydrogens is 683 g/mol. The molecule has 0 spiro atoms. The Morgan fingerprint density at radius 1 is 0.765 bits per heavy atom. The number of hydrogen-bond donors (Lipinski definition) is 3. The fourth-order valence-electron chi connectivity index (χ4n) is 4.92. The van der Waals surface area contributed by atoms with Crippen LogP contribution in [0.3, 0.4) is 0 Å². The maximum absolute atomic E-state index is 13.6. The predicted octanol–water partition coefficient (Wildman–Crippen LogP) is 8.53. The lowest BCUT2D eigenvalue weighted by atomic mass is 10.0. The van der Waals surface area contributed by atoms with Crippen LogP contribution >= 0.6 is 23.1 Å². The molecule has 0 aliphatic heterocycles. The molecule has 5 aromatic carbocycles. The summed E-state index contributed by atoms with van der Waals surface area (Å²) >= 11 is 2.49. The molecule has 12 heteroatoms. The van der Waals surface area contributed by atoms with Crippen molar-refractivity contribution >= 4 is 63.4 Å². The fourth-order valence-corrected chi connectivity index (χ4v) is 6.41. The minimum atomic E-state index is -0.519. The number of nitro groups is 1. The number of non-ortho nitro benzene ring substituents is 1. The van der Waals surface area contributed by atoms with Crippen molar-refractivity contribution in [2.45, 2.75) is 4.90 Å². The normalized spacial score (nSPS) is 11.0. The van der Waals surface area contributed by atoms with Gasteiger partial charge in [0.25, 0.3) is 17.5 Å². The van der Waals surface area contributed by atoms with Gasteiger partial charge in [0, 0.05) is 39.2 Å². The summed E-state index contributed by atoms with van der Waals surface area (Å²) in [7, 11) is 0. The molecule has 0 unspecified atom stereocenters. The second-order valence-electron chi connectivity index (χ2n) is 11.0. The predicted molar refractivity (Wildman–Crippen MR) is 202 cm³/mol. The number of anilines is 2. The SMILES string of the molecule is O=C(CSc1cccc(NC(=O)/C(=C\c2ccc(-c3ccccc3)cc2)NC(=O)c2ccccc2)c1)Nc1nc(-c2cccc([N+](=O)[O-])c2)cs1. The highest BCUT2D eigenvalue weighted by Gasteiger charge is 2.16. The summed E-state index contributed by atoms with van der Waals surface area (Å²) in [4.78, 5) is 55.2. The van der Waals surface area contributed by atoms with Gasteiger partial charge in [-0.25, -0.2) is 4.98 Å². The minimum absolute atomic E-state index is 0.0427. The number of nitrogens with zero attached hydrogens (tertiary/aromatic N) is 2. The molecular formula is C39H29N5O5S2. The molecule has 6 rings (SSSR count). The van der Waals surface area contributed by atoms with E-state index in [1.807, 2.05) is 60.7 Å². The number of carbonyl (C=O) groups is 3. The number of benzene rings is 5. The molecule has 0 radical (unpaired) electrons. The number of hydrogen-bond acceptors (Lipinski definition) is 8. The fraction of sp³-hybridized carbons (Fsp3) is 0.0256. The zero-order valence-corrected chi connectivity index (χ0v) is 28.4. The average molecular weight is 712 g/mol. The highest BCUT2D eigenvalue weighted by molar-refractivity contribution is 8.00. The number of carbonyl (C=O) groups excluding carboxylic acids is 3. The van der Waals surface area contributed by atoms with E-state index in [0.29, 0.717) is 27.6 Å². The van der Waals surface area contributed by atoms with Crippen LogP contribution in [0.1, 0.15) is 15.9 Å². The molecule has 0 aliphatic carbocycles. The Kier molecular flexibility index (Phi) is 11.1. The van der Waals surface area contributed by atoms with E-state index < -0.39 is 16.7 Å². The molecule has 6 aromatic rings. The quantitative estimate of drug-likeness (QED) is 0.0500. The van der Waals surface area contributed by atoms with E-state index in [1.165, 1.54) is 35.2 Å². The first-order chi connectivity index (χ1) is 24.8. The lowest BCUT2D eigenvalue weighted by Gasteiger charge is -2.12. The van der Waals surface area contributed by atoms with Crippen LogP contribution in [0.25, 0.3) is 28.5 Å². The third-order valence-electron chi connectivity index (χ3n) is 7.42. The zero-order valence-electron chi connectivity index (χ0n) is 26.8. The molecule has 252 valence electrons. The summed E-state index contributed by atoms with van der Waals surface area (Å²) in [6.07, 6.45) is 1.62. The number of thioether (sulfide) groups is 1. The van der Waals surface area contributed by atoms with Crippen molar-refractivity contribution in [1.82, 2.24) is 10.3 Å². The van der Waals surface area contributed by atoms with Crippen LogP contribution in [0.2, 0.25) is 0 Å². The molecule has 10 nitrogen and oxygen atoms in total. The van der Waals surface area contributed by atoms with Crippen molar-refractivity contribution in [2.24, 2.45) is 0 Å². The van der Waals surface area contributed by atoms with E-state index in [-0.39, 0.29) is 23.0 Å². The second-order valence-corrected chi connectivity index (χ2v) is 12.9. The molecule has 3 N–H and O–H groups in total. The van der Waals surface area contributed by atoms with Crippen molar-refractivity contribution in [3.8, 4) is 22.4 Å². The minimum Gasteiger partial charge on any atom is -0.321 e. The number of nitrogens with one attached hydrogen (secondary N) is 3. The third kappa shape index (κ3) is 9.41. The monoisotopic (exact) mass is 711 g/mol. The molecule has 51 heavy (non-hydrogen) atoms. The summed E-state index contributed by atoms with van der Waals surface area (Å²) in [6.45, 7) is 0. The first-order valence-electron chi connectivity index (χ1n) is 15.6. The van der Waals surface area contributed by atoms with Gasteiger partial charge in [0.15, 0.2) is 5.13 Å². The van der Waals surface area contributed by atoms with Gasteiger partial charge in [0.1, 0.15) is 5.70 Å². The molecule has 0 atom stereocenters. The highest BCUT2D eigenvalue weighted by atomic mass is 32.2. The van der Waals surface area contributed by atoms with Crippen molar-refractivity contribution in [3.05, 3.63) is 166 Å². The molecule has 0 bridgehead atoms. The van der Waals surface area contributed by atoms with E-state index >= 15 is 0 Å². The molecule has 3 amide bonds. The summed E-state index contributed by atoms with van der Waals surface area (Å²) in [5, 5.41) is 21.6. The molecule has 0 saturated heterocycles. The van der Waals surface area contributed by atoms with Gasteiger partial charge >= 0.3 is 0 Å². The van der Waals surface area contributed by atoms with Crippen LogP contribution in [-0.4, -0.2) is 33.4 Å². The van der Waals surface area contributed by atoms with E-state index in [2.05, 4.69) is 20.9 Å². The van der Waals surface area contributed by atoms with Crippen LogP contribution in [0, 0.1) is 10.1 Å². The standard InChI is InChI=1S/C39H29N5O5S2/c45-36(43-39-42-35(24-51-39)30-13-7-15-32(22-30)44(48)49)25-50-33-16-8-14-31(23-33)40-38(47)34(41-37(46)29-11-5-2-6-12-29)21-26-17-19-28(20-18-26)27-9-3-1-4-10-27/h1-24H,25H2,(H,40,47)(H,41,46)(H,42,43,45)/b34-21+. The van der Waals surface area contributed by atoms with Gasteiger partial charge in [-0.2, -0.15) is 0 Å². The van der Waals surface area contributed by atoms with Gasteiger partial charge in [-0.15, -0.1) is 23.1 Å². The van der Waals surface area contributed by atoms with E-state index in [0.717, 1.165) is 21.6 Å². The number of nitro benzene ring substituents is 1. The smallest absolute Gasteiger partial charge is 0.272 e. The summed E-state index contributed by atoms with van der Waals surface area (Å²) < 4.78 is 0. The van der Waals surface area contributed by atoms with Crippen LogP contribution < -0.4 is 16.0 Å². The first-order valence-corrected chi connectivity index (χ1v) is 17.5. The Bertz CT molecular complexity index is 2220. The van der Waals surface area contributed by atoms with Gasteiger partial charge < -0.3 is 16.0 Å². The topological polar surface area (TPSA) is 143 Å². The molecule has 0 aliphatic rings. The van der Waals surface area contributed by atoms with Gasteiger partial charge in [0.2, 0.25) is 5.91 Å². The van der Waals surface area contributed by atoms with Crippen molar-refractivity contribution in [2.75, 3.05) is 16.4 Å². The van der Waals surface area contributed by atoms with Crippen molar-refractivity contribution in [3.63, 3.8) is 0 Å². The van der Waals surface area contributed by atoms with Gasteiger partial charge in [-0.05, 0) is 53.1 Å². The van der Waals surface area contributed by atoms with E-state index in [1.54, 1.807) is 72.1 Å². The lowest BCUT2D eigenvalue weighted by molar-refractivity contribution is -0.384. The van der Waals surface area contributed by atoms with Crippen LogP contribution in [0.4, 0.5) is 16.5 Å². The number of thiazole rings is 1. The van der Waals surface area contributed by atoms with Gasteiger partial charge in [-0.1, -0.05) is 91.0 Å². The summed E-state index contributed by atoms with van der Waals surface area (Å²) in [5.41, 5.74) is 4.81. The Morgan fingerprint density at radius 2 is 1.45 bits per heavy atom. The Labute approximate surface area is 301 Å². The number of amides is 3. The average Bonchev–Trinajstić information content (AvgIpc) is 3.63. The van der Waals surface area contributed by atoms with E-state index in [9.17, 15) is 24.5 Å². The van der Waals surface area contributed by atoms with Gasteiger partial charge in [-0.3, -0.25) is 24.5 Å². The van der Waals surface area contributed by atoms with Crippen molar-refractivity contribution < 1.29 is 19.3 Å². The molecule has 1 aromatic heterocycles. The Hall–Kier alpha value is -6.37. The maximum atomic E-state index is 13.6. The first kappa shape index (κ1) is 34.5. The second kappa shape index (κ2) is 16.4. The lowest BCUT2D eigenvalue weighted by Crippen LogP contribution is -2.30. The highest BCUT2D eigenvalue weighted by Crippen LogP contribution is 2.28. The molecule has 1 heterocycles. The maximum Gasteiger partial charge on any atom is 0.272 e. The summed E-state index contributed by atoms with van der Waals surface area (Å²) in [6, 6.07) is 39.4. The zero-order chi connectivity index (χ0) is 35.6. The Balaban J connectivity index is 1.11. The number of aromatic nitrogens is 1. The molecule has 0 fully saturated rings. The van der Waals surface area contributed by atoms with Gasteiger partial charge in [0.05, 0.1) is 16.4 Å². The largest absolute Gasteiger partial charge is 0.321 e. The van der Waals surface area contributed by atoms with Crippen LogP contribution in [0.15, 0.2) is 149 Å². The van der Waals surface area contributed by atoms with Crippen LogP contribution in [0.5, 0.6) is 0 Å². The van der Waals surface area contributed by atoms with E-state index in [4.69, 9.17) is 0 Å².